The number of amides is 1. The van der Waals surface area contributed by atoms with Gasteiger partial charge in [0.25, 0.3) is 5.91 Å². The van der Waals surface area contributed by atoms with Crippen LogP contribution >= 0.6 is 11.6 Å². The molecule has 0 fully saturated rings. The van der Waals surface area contributed by atoms with Crippen molar-refractivity contribution in [1.29, 1.82) is 0 Å². The highest BCUT2D eigenvalue weighted by atomic mass is 35.5. The molecule has 136 valence electrons. The normalized spacial score (nSPS) is 11.2. The van der Waals surface area contributed by atoms with Crippen molar-refractivity contribution in [3.63, 3.8) is 0 Å². The summed E-state index contributed by atoms with van der Waals surface area (Å²) in [4.78, 5) is 29.9. The lowest BCUT2D eigenvalue weighted by Crippen LogP contribution is -2.31. The van der Waals surface area contributed by atoms with Crippen LogP contribution in [0.25, 0.3) is 10.9 Å². The molecule has 0 aliphatic rings. The minimum absolute atomic E-state index is 0.210. The van der Waals surface area contributed by atoms with Crippen molar-refractivity contribution in [1.82, 2.24) is 15.2 Å². The molecule has 2 rings (SSSR count). The number of nitrogens with one attached hydrogen (secondary N) is 2. The Kier molecular flexibility index (Phi) is 7.47. The summed E-state index contributed by atoms with van der Waals surface area (Å²) in [5.41, 5.74) is 0.677. The molecule has 1 amide bonds. The van der Waals surface area contributed by atoms with Crippen LogP contribution in [0.3, 0.4) is 0 Å². The van der Waals surface area contributed by atoms with E-state index in [-0.39, 0.29) is 17.0 Å². The molecule has 2 N–H and O–H groups in total. The third-order valence-electron chi connectivity index (χ3n) is 4.05. The molecular weight excluding hydrogens is 338 g/mol. The Labute approximate surface area is 153 Å². The second-order valence-corrected chi connectivity index (χ2v) is 6.62. The van der Waals surface area contributed by atoms with Crippen LogP contribution < -0.4 is 10.7 Å². The highest BCUT2D eigenvalue weighted by Crippen LogP contribution is 2.15. The third kappa shape index (κ3) is 5.58. The molecule has 1 aromatic carbocycles. The summed E-state index contributed by atoms with van der Waals surface area (Å²) in [6.45, 7) is 8.07. The first-order valence-corrected chi connectivity index (χ1v) is 9.26. The number of rotatable bonds is 9. The molecule has 0 bridgehead atoms. The smallest absolute Gasteiger partial charge is 0.267 e. The number of pyridine rings is 1. The Balaban J connectivity index is 1.94. The molecule has 0 unspecified atom stereocenters. The number of carbonyl (C=O) groups is 1. The summed E-state index contributed by atoms with van der Waals surface area (Å²) in [7, 11) is 0. The van der Waals surface area contributed by atoms with Crippen molar-refractivity contribution in [2.75, 3.05) is 26.2 Å². The van der Waals surface area contributed by atoms with Gasteiger partial charge in [-0.3, -0.25) is 9.59 Å². The van der Waals surface area contributed by atoms with Crippen LogP contribution in [0, 0.1) is 0 Å². The SMILES string of the molecule is CCCN(CCC)CCCNC(=O)c1cc(=O)c2cc(Cl)ccc2[nH]1. The first-order chi connectivity index (χ1) is 12.0. The van der Waals surface area contributed by atoms with Crippen LogP contribution in [0.4, 0.5) is 0 Å². The van der Waals surface area contributed by atoms with E-state index in [2.05, 4.69) is 29.0 Å². The van der Waals surface area contributed by atoms with Gasteiger partial charge in [0.05, 0.1) is 0 Å². The second-order valence-electron chi connectivity index (χ2n) is 6.19. The van der Waals surface area contributed by atoms with Gasteiger partial charge in [0, 0.05) is 28.5 Å². The second kappa shape index (κ2) is 9.59. The number of carbonyl (C=O) groups excluding carboxylic acids is 1. The van der Waals surface area contributed by atoms with Crippen molar-refractivity contribution in [2.24, 2.45) is 0 Å². The molecule has 0 saturated carbocycles. The zero-order chi connectivity index (χ0) is 18.2. The summed E-state index contributed by atoms with van der Waals surface area (Å²) in [5, 5.41) is 3.86. The maximum Gasteiger partial charge on any atom is 0.267 e. The van der Waals surface area contributed by atoms with E-state index in [4.69, 9.17) is 11.6 Å². The molecular formula is C19H26ClN3O2. The minimum atomic E-state index is -0.258. The van der Waals surface area contributed by atoms with E-state index in [0.717, 1.165) is 38.9 Å². The zero-order valence-corrected chi connectivity index (χ0v) is 15.7. The van der Waals surface area contributed by atoms with Gasteiger partial charge in [0.2, 0.25) is 0 Å². The van der Waals surface area contributed by atoms with E-state index in [0.29, 0.717) is 22.5 Å². The molecule has 6 heteroatoms. The highest BCUT2D eigenvalue weighted by molar-refractivity contribution is 6.31. The van der Waals surface area contributed by atoms with E-state index < -0.39 is 0 Å². The first-order valence-electron chi connectivity index (χ1n) is 8.88. The Morgan fingerprint density at radius 2 is 1.88 bits per heavy atom. The maximum absolute atomic E-state index is 12.3. The summed E-state index contributed by atoms with van der Waals surface area (Å²) >= 11 is 5.91. The summed E-state index contributed by atoms with van der Waals surface area (Å²) in [6, 6.07) is 6.34. The predicted octanol–water partition coefficient (Wildman–Crippen LogP) is 3.42. The van der Waals surface area contributed by atoms with Crippen molar-refractivity contribution in [2.45, 2.75) is 33.1 Å². The number of nitrogens with zero attached hydrogens (tertiary/aromatic N) is 1. The number of halogens is 1. The molecule has 0 saturated heterocycles. The molecule has 1 aromatic heterocycles. The predicted molar refractivity (Wildman–Crippen MR) is 104 cm³/mol. The van der Waals surface area contributed by atoms with Crippen LogP contribution in [0.15, 0.2) is 29.1 Å². The topological polar surface area (TPSA) is 65.2 Å². The molecule has 0 aliphatic carbocycles. The van der Waals surface area contributed by atoms with Gasteiger partial charge in [-0.15, -0.1) is 0 Å². The largest absolute Gasteiger partial charge is 0.351 e. The molecule has 1 heterocycles. The molecule has 0 atom stereocenters. The van der Waals surface area contributed by atoms with Gasteiger partial charge in [-0.25, -0.2) is 0 Å². The van der Waals surface area contributed by atoms with E-state index in [1.165, 1.54) is 6.07 Å². The molecule has 0 radical (unpaired) electrons. The van der Waals surface area contributed by atoms with E-state index >= 15 is 0 Å². The van der Waals surface area contributed by atoms with Gasteiger partial charge in [-0.1, -0.05) is 25.4 Å². The molecule has 0 spiro atoms. The van der Waals surface area contributed by atoms with Gasteiger partial charge in [0.1, 0.15) is 5.69 Å². The van der Waals surface area contributed by atoms with Crippen molar-refractivity contribution in [3.8, 4) is 0 Å². The highest BCUT2D eigenvalue weighted by Gasteiger charge is 2.10. The van der Waals surface area contributed by atoms with Gasteiger partial charge in [0.15, 0.2) is 5.43 Å². The van der Waals surface area contributed by atoms with Crippen LogP contribution in [0.5, 0.6) is 0 Å². The van der Waals surface area contributed by atoms with Crippen LogP contribution in [0.1, 0.15) is 43.6 Å². The fourth-order valence-corrected chi connectivity index (χ4v) is 3.08. The Hall–Kier alpha value is -1.85. The van der Waals surface area contributed by atoms with Crippen molar-refractivity contribution >= 4 is 28.4 Å². The molecule has 25 heavy (non-hydrogen) atoms. The number of aromatic amines is 1. The van der Waals surface area contributed by atoms with E-state index in [9.17, 15) is 9.59 Å². The first kappa shape index (κ1) is 19.5. The number of aromatic nitrogens is 1. The molecule has 5 nitrogen and oxygen atoms in total. The van der Waals surface area contributed by atoms with Gasteiger partial charge in [-0.05, 0) is 57.1 Å². The lowest BCUT2D eigenvalue weighted by atomic mass is 10.2. The third-order valence-corrected chi connectivity index (χ3v) is 4.29. The average molecular weight is 364 g/mol. The Bertz CT molecular complexity index is 767. The Morgan fingerprint density at radius 3 is 2.56 bits per heavy atom. The fourth-order valence-electron chi connectivity index (χ4n) is 2.91. The van der Waals surface area contributed by atoms with Gasteiger partial charge < -0.3 is 15.2 Å². The maximum atomic E-state index is 12.3. The van der Waals surface area contributed by atoms with Crippen LogP contribution in [0.2, 0.25) is 5.02 Å². The minimum Gasteiger partial charge on any atom is -0.351 e. The van der Waals surface area contributed by atoms with Crippen molar-refractivity contribution in [3.05, 3.63) is 45.2 Å². The fraction of sp³-hybridized carbons (Fsp3) is 0.474. The van der Waals surface area contributed by atoms with Crippen LogP contribution in [-0.4, -0.2) is 42.0 Å². The van der Waals surface area contributed by atoms with Crippen LogP contribution in [-0.2, 0) is 0 Å². The summed E-state index contributed by atoms with van der Waals surface area (Å²) in [6.07, 6.45) is 3.16. The lowest BCUT2D eigenvalue weighted by Gasteiger charge is -2.20. The Morgan fingerprint density at radius 1 is 1.16 bits per heavy atom. The monoisotopic (exact) mass is 363 g/mol. The summed E-state index contributed by atoms with van der Waals surface area (Å²) < 4.78 is 0. The quantitative estimate of drug-likeness (QED) is 0.671. The van der Waals surface area contributed by atoms with E-state index in [1.807, 2.05) is 0 Å². The van der Waals surface area contributed by atoms with E-state index in [1.54, 1.807) is 18.2 Å². The number of hydrogen-bond donors (Lipinski definition) is 2. The van der Waals surface area contributed by atoms with Gasteiger partial charge in [-0.2, -0.15) is 0 Å². The zero-order valence-electron chi connectivity index (χ0n) is 14.9. The van der Waals surface area contributed by atoms with Crippen molar-refractivity contribution < 1.29 is 4.79 Å². The lowest BCUT2D eigenvalue weighted by molar-refractivity contribution is 0.0947. The number of fused-ring (bicyclic) bond motifs is 1. The molecule has 0 aliphatic heterocycles. The molecule has 2 aromatic rings. The average Bonchev–Trinajstić information content (AvgIpc) is 2.59. The standard InChI is InChI=1S/C19H26ClN3O2/c1-3-9-23(10-4-2)11-5-8-21-19(25)17-13-18(24)15-12-14(20)6-7-16(15)22-17/h6-7,12-13H,3-5,8-11H2,1-2H3,(H,21,25)(H,22,24). The van der Waals surface area contributed by atoms with Gasteiger partial charge >= 0.3 is 0 Å². The number of hydrogen-bond acceptors (Lipinski definition) is 3. The summed E-state index contributed by atoms with van der Waals surface area (Å²) in [5.74, 6) is -0.258. The number of benzene rings is 1. The number of H-pyrrole nitrogens is 1.